The van der Waals surface area contributed by atoms with Gasteiger partial charge in [0.1, 0.15) is 17.3 Å². The van der Waals surface area contributed by atoms with Gasteiger partial charge in [0.05, 0.1) is 12.6 Å². The quantitative estimate of drug-likeness (QED) is 0.420. The van der Waals surface area contributed by atoms with Crippen LogP contribution in [0, 0.1) is 0 Å². The number of nitrogens with one attached hydrogen (secondary N) is 1. The van der Waals surface area contributed by atoms with Crippen LogP contribution < -0.4 is 15.0 Å². The highest BCUT2D eigenvalue weighted by molar-refractivity contribution is 5.89. The first-order chi connectivity index (χ1) is 17.0. The van der Waals surface area contributed by atoms with Crippen LogP contribution >= 0.6 is 0 Å². The molecule has 4 aromatic rings. The van der Waals surface area contributed by atoms with E-state index in [1.807, 2.05) is 84.6 Å². The number of ether oxygens (including phenoxy) is 1. The van der Waals surface area contributed by atoms with Crippen molar-refractivity contribution in [1.82, 2.24) is 14.3 Å². The Kier molecular flexibility index (Phi) is 6.31. The van der Waals surface area contributed by atoms with Crippen molar-refractivity contribution in [3.63, 3.8) is 0 Å². The molecule has 2 aromatic heterocycles. The predicted octanol–water partition coefficient (Wildman–Crippen LogP) is 5.49. The summed E-state index contributed by atoms with van der Waals surface area (Å²) in [6.07, 6.45) is 3.98. The number of anilines is 2. The Morgan fingerprint density at radius 3 is 2.60 bits per heavy atom. The molecule has 7 heteroatoms. The summed E-state index contributed by atoms with van der Waals surface area (Å²) in [6, 6.07) is 21.9. The third-order valence-corrected chi connectivity index (χ3v) is 6.65. The number of nitrogens with zero attached hydrogens (tertiary/aromatic N) is 4. The second-order valence-corrected chi connectivity index (χ2v) is 9.13. The molecule has 0 radical (unpaired) electrons. The van der Waals surface area contributed by atoms with E-state index in [1.54, 1.807) is 7.11 Å². The summed E-state index contributed by atoms with van der Waals surface area (Å²) in [5.74, 6) is 1.92. The number of rotatable bonds is 5. The van der Waals surface area contributed by atoms with Gasteiger partial charge in [0.15, 0.2) is 0 Å². The summed E-state index contributed by atoms with van der Waals surface area (Å²) < 4.78 is 7.78. The maximum absolute atomic E-state index is 13.1. The zero-order chi connectivity index (χ0) is 24.4. The van der Waals surface area contributed by atoms with E-state index in [0.29, 0.717) is 6.54 Å². The van der Waals surface area contributed by atoms with Crippen molar-refractivity contribution in [3.8, 4) is 17.0 Å². The van der Waals surface area contributed by atoms with Crippen LogP contribution in [-0.2, 0) is 0 Å². The lowest BCUT2D eigenvalue weighted by atomic mass is 9.97. The van der Waals surface area contributed by atoms with Crippen LogP contribution in [-0.4, -0.2) is 54.6 Å². The number of fused-ring (bicyclic) bond motifs is 1. The molecule has 0 aliphatic carbocycles. The molecule has 3 heterocycles. The second-order valence-electron chi connectivity index (χ2n) is 9.13. The molecule has 35 heavy (non-hydrogen) atoms. The molecule has 2 amide bonds. The van der Waals surface area contributed by atoms with Crippen LogP contribution in [0.2, 0.25) is 0 Å². The van der Waals surface area contributed by atoms with E-state index in [1.165, 1.54) is 0 Å². The molecule has 0 bridgehead atoms. The number of likely N-dealkylation sites (tertiary alicyclic amines) is 1. The first-order valence-corrected chi connectivity index (χ1v) is 12.0. The Bertz CT molecular complexity index is 1330. The number of methoxy groups -OCH3 is 1. The Morgan fingerprint density at radius 2 is 1.83 bits per heavy atom. The number of carbonyl (C=O) groups is 1. The van der Waals surface area contributed by atoms with Gasteiger partial charge in [0.2, 0.25) is 0 Å². The normalized spacial score (nSPS) is 15.7. The van der Waals surface area contributed by atoms with Gasteiger partial charge in [-0.15, -0.1) is 0 Å². The summed E-state index contributed by atoms with van der Waals surface area (Å²) in [5.41, 5.74) is 4.80. The van der Waals surface area contributed by atoms with Crippen molar-refractivity contribution in [2.24, 2.45) is 0 Å². The minimum absolute atomic E-state index is 0.0712. The fourth-order valence-corrected chi connectivity index (χ4v) is 4.81. The average molecular weight is 470 g/mol. The van der Waals surface area contributed by atoms with Crippen molar-refractivity contribution in [1.29, 1.82) is 0 Å². The molecule has 7 nitrogen and oxygen atoms in total. The van der Waals surface area contributed by atoms with Crippen molar-refractivity contribution < 1.29 is 9.53 Å². The molecule has 5 rings (SSSR count). The first-order valence-electron chi connectivity index (χ1n) is 12.0. The molecule has 1 aliphatic rings. The van der Waals surface area contributed by atoms with E-state index >= 15 is 0 Å². The summed E-state index contributed by atoms with van der Waals surface area (Å²) in [5, 5.41) is 3.06. The summed E-state index contributed by atoms with van der Waals surface area (Å²) in [7, 11) is 5.68. The van der Waals surface area contributed by atoms with Gasteiger partial charge in [-0.3, -0.25) is 0 Å². The first kappa shape index (κ1) is 22.8. The molecule has 2 aromatic carbocycles. The standard InChI is InChI=1S/C28H31N5O2/c1-31(2)22-15-13-21(14-16-22)29-28(34)32-17-8-9-20(19-32)27-30-26(24-11-6-7-18-33(24)27)23-10-4-5-12-25(23)35-3/h4-7,10-16,18,20H,8-9,17,19H2,1-3H3,(H,29,34). The van der Waals surface area contributed by atoms with Gasteiger partial charge in [-0.05, 0) is 61.4 Å². The lowest BCUT2D eigenvalue weighted by molar-refractivity contribution is 0.191. The number of pyridine rings is 1. The van der Waals surface area contributed by atoms with Crippen LogP contribution in [0.25, 0.3) is 16.8 Å². The molecular weight excluding hydrogens is 438 g/mol. The number of amides is 2. The molecule has 0 spiro atoms. The number of urea groups is 1. The van der Waals surface area contributed by atoms with Crippen molar-refractivity contribution >= 4 is 22.9 Å². The highest BCUT2D eigenvalue weighted by Gasteiger charge is 2.29. The topological polar surface area (TPSA) is 62.1 Å². The van der Waals surface area contributed by atoms with Crippen molar-refractivity contribution in [3.05, 3.63) is 78.8 Å². The molecular formula is C28H31N5O2. The SMILES string of the molecule is COc1ccccc1-c1nc(C2CCCN(C(=O)Nc3ccc(N(C)C)cc3)C2)n2ccccc12. The van der Waals surface area contributed by atoms with Crippen LogP contribution in [0.15, 0.2) is 72.9 Å². The fraction of sp³-hybridized carbons (Fsp3) is 0.286. The van der Waals surface area contributed by atoms with Gasteiger partial charge in [-0.2, -0.15) is 0 Å². The van der Waals surface area contributed by atoms with E-state index in [2.05, 4.69) is 22.0 Å². The van der Waals surface area contributed by atoms with Gasteiger partial charge in [0.25, 0.3) is 0 Å². The third kappa shape index (κ3) is 4.54. The maximum Gasteiger partial charge on any atom is 0.321 e. The van der Waals surface area contributed by atoms with Gasteiger partial charge in [-0.25, -0.2) is 9.78 Å². The fourth-order valence-electron chi connectivity index (χ4n) is 4.81. The number of piperidine rings is 1. The van der Waals surface area contributed by atoms with E-state index < -0.39 is 0 Å². The van der Waals surface area contributed by atoms with E-state index in [0.717, 1.165) is 59.1 Å². The third-order valence-electron chi connectivity index (χ3n) is 6.65. The maximum atomic E-state index is 13.1. The Labute approximate surface area is 206 Å². The lowest BCUT2D eigenvalue weighted by Crippen LogP contribution is -2.42. The number of carbonyl (C=O) groups excluding carboxylic acids is 1. The van der Waals surface area contributed by atoms with Crippen molar-refractivity contribution in [2.45, 2.75) is 18.8 Å². The number of aromatic nitrogens is 2. The molecule has 1 aliphatic heterocycles. The number of benzene rings is 2. The number of imidazole rings is 1. The van der Waals surface area contributed by atoms with Gasteiger partial charge in [0, 0.05) is 56.2 Å². The largest absolute Gasteiger partial charge is 0.496 e. The molecule has 1 saturated heterocycles. The number of hydrogen-bond donors (Lipinski definition) is 1. The minimum Gasteiger partial charge on any atom is -0.496 e. The second kappa shape index (κ2) is 9.70. The zero-order valence-corrected chi connectivity index (χ0v) is 20.4. The molecule has 1 atom stereocenters. The monoisotopic (exact) mass is 469 g/mol. The average Bonchev–Trinajstić information content (AvgIpc) is 3.28. The summed E-state index contributed by atoms with van der Waals surface area (Å²) >= 11 is 0. The summed E-state index contributed by atoms with van der Waals surface area (Å²) in [4.78, 5) is 22.2. The minimum atomic E-state index is -0.0712. The highest BCUT2D eigenvalue weighted by Crippen LogP contribution is 2.36. The predicted molar refractivity (Wildman–Crippen MR) is 141 cm³/mol. The van der Waals surface area contributed by atoms with Crippen LogP contribution in [0.5, 0.6) is 5.75 Å². The molecule has 1 fully saturated rings. The van der Waals surface area contributed by atoms with Gasteiger partial charge < -0.3 is 24.3 Å². The van der Waals surface area contributed by atoms with Gasteiger partial charge >= 0.3 is 6.03 Å². The molecule has 1 unspecified atom stereocenters. The molecule has 0 saturated carbocycles. The zero-order valence-electron chi connectivity index (χ0n) is 20.4. The van der Waals surface area contributed by atoms with E-state index in [9.17, 15) is 4.79 Å². The van der Waals surface area contributed by atoms with Crippen molar-refractivity contribution in [2.75, 3.05) is 44.5 Å². The molecule has 180 valence electrons. The van der Waals surface area contributed by atoms with E-state index in [4.69, 9.17) is 9.72 Å². The van der Waals surface area contributed by atoms with Gasteiger partial charge in [-0.1, -0.05) is 18.2 Å². The highest BCUT2D eigenvalue weighted by atomic mass is 16.5. The van der Waals surface area contributed by atoms with E-state index in [-0.39, 0.29) is 11.9 Å². The Hall–Kier alpha value is -4.00. The Balaban J connectivity index is 1.40. The number of para-hydroxylation sites is 1. The lowest BCUT2D eigenvalue weighted by Gasteiger charge is -2.32. The van der Waals surface area contributed by atoms with Crippen LogP contribution in [0.3, 0.4) is 0 Å². The van der Waals surface area contributed by atoms with Crippen LogP contribution in [0.4, 0.5) is 16.2 Å². The van der Waals surface area contributed by atoms with Crippen LogP contribution in [0.1, 0.15) is 24.6 Å². The summed E-state index contributed by atoms with van der Waals surface area (Å²) in [6.45, 7) is 1.36. The smallest absolute Gasteiger partial charge is 0.321 e. The number of hydrogen-bond acceptors (Lipinski definition) is 4. The molecule has 1 N–H and O–H groups in total. The Morgan fingerprint density at radius 1 is 1.06 bits per heavy atom.